The molecule has 2 aliphatic carbocycles. The summed E-state index contributed by atoms with van der Waals surface area (Å²) in [5.74, 6) is -1.26. The van der Waals surface area contributed by atoms with E-state index in [0.29, 0.717) is 34.3 Å². The normalized spacial score (nSPS) is 22.5. The molecule has 186 valence electrons. The van der Waals surface area contributed by atoms with E-state index in [9.17, 15) is 18.4 Å². The monoisotopic (exact) mass is 495 g/mol. The molecule has 5 rings (SSSR count). The van der Waals surface area contributed by atoms with Gasteiger partial charge >= 0.3 is 6.55 Å². The Labute approximate surface area is 204 Å². The van der Waals surface area contributed by atoms with Crippen molar-refractivity contribution in [3.05, 3.63) is 59.0 Å². The van der Waals surface area contributed by atoms with Gasteiger partial charge in [-0.3, -0.25) is 9.59 Å². The number of benzene rings is 1. The summed E-state index contributed by atoms with van der Waals surface area (Å²) in [6, 6.07) is 9.01. The molecule has 0 bridgehead atoms. The topological polar surface area (TPSA) is 141 Å². The van der Waals surface area contributed by atoms with E-state index >= 15 is 0 Å². The highest BCUT2D eigenvalue weighted by molar-refractivity contribution is 5.95. The zero-order valence-electron chi connectivity index (χ0n) is 19.3. The number of carbonyl (C=O) groups is 2. The fourth-order valence-corrected chi connectivity index (χ4v) is 5.13. The number of hydrogen-bond donors (Lipinski definition) is 2. The highest BCUT2D eigenvalue weighted by atomic mass is 19.3. The molecule has 3 aromatic rings. The van der Waals surface area contributed by atoms with Crippen LogP contribution in [0.5, 0.6) is 5.88 Å². The van der Waals surface area contributed by atoms with Crippen molar-refractivity contribution in [1.29, 1.82) is 5.26 Å². The van der Waals surface area contributed by atoms with Crippen LogP contribution in [0, 0.1) is 23.7 Å². The van der Waals surface area contributed by atoms with E-state index in [1.54, 1.807) is 28.9 Å². The number of nitrogens with one attached hydrogen (secondary N) is 1. The largest absolute Gasteiger partial charge is 0.473 e. The second kappa shape index (κ2) is 8.75. The minimum Gasteiger partial charge on any atom is -0.473 e. The molecule has 2 aromatic heterocycles. The first kappa shape index (κ1) is 23.5. The predicted molar refractivity (Wildman–Crippen MR) is 122 cm³/mol. The third kappa shape index (κ3) is 4.17. The van der Waals surface area contributed by atoms with Gasteiger partial charge in [0.25, 0.3) is 11.8 Å². The maximum atomic E-state index is 12.9. The molecule has 2 amide bonds. The quantitative estimate of drug-likeness (QED) is 0.516. The number of nitriles is 1. The molecule has 0 aliphatic heterocycles. The van der Waals surface area contributed by atoms with Gasteiger partial charge in [-0.05, 0) is 62.3 Å². The van der Waals surface area contributed by atoms with Gasteiger partial charge in [-0.25, -0.2) is 9.36 Å². The highest BCUT2D eigenvalue weighted by Gasteiger charge is 2.54. The summed E-state index contributed by atoms with van der Waals surface area (Å²) in [4.78, 5) is 24.4. The van der Waals surface area contributed by atoms with Gasteiger partial charge in [-0.15, -0.1) is 5.10 Å². The number of rotatable bonds is 7. The predicted octanol–water partition coefficient (Wildman–Crippen LogP) is 2.86. The lowest BCUT2D eigenvalue weighted by molar-refractivity contribution is -0.0853. The van der Waals surface area contributed by atoms with Crippen LogP contribution in [0.25, 0.3) is 5.69 Å². The highest BCUT2D eigenvalue weighted by Crippen LogP contribution is 2.56. The summed E-state index contributed by atoms with van der Waals surface area (Å²) in [5.41, 5.74) is 7.56. The number of aromatic nitrogens is 4. The van der Waals surface area contributed by atoms with Crippen molar-refractivity contribution in [2.75, 3.05) is 0 Å². The Morgan fingerprint density at radius 2 is 1.92 bits per heavy atom. The molecule has 1 aromatic carbocycles. The van der Waals surface area contributed by atoms with Crippen molar-refractivity contribution in [2.45, 2.75) is 51.3 Å². The Balaban J connectivity index is 1.14. The maximum absolute atomic E-state index is 12.9. The van der Waals surface area contributed by atoms with E-state index in [-0.39, 0.29) is 34.9 Å². The number of hydrogen-bond acceptors (Lipinski definition) is 6. The first-order chi connectivity index (χ1) is 17.2. The van der Waals surface area contributed by atoms with E-state index in [0.717, 1.165) is 24.7 Å². The molecule has 12 heteroatoms. The Morgan fingerprint density at radius 1 is 1.22 bits per heavy atom. The van der Waals surface area contributed by atoms with Crippen molar-refractivity contribution >= 4 is 11.8 Å². The summed E-state index contributed by atoms with van der Waals surface area (Å²) < 4.78 is 33.5. The summed E-state index contributed by atoms with van der Waals surface area (Å²) in [6.45, 7) is -1.09. The number of nitrogens with two attached hydrogens (primary N) is 1. The molecule has 3 N–H and O–H groups in total. The van der Waals surface area contributed by atoms with Crippen LogP contribution >= 0.6 is 0 Å². The van der Waals surface area contributed by atoms with Gasteiger partial charge in [0.15, 0.2) is 0 Å². The molecule has 36 heavy (non-hydrogen) atoms. The van der Waals surface area contributed by atoms with Crippen LogP contribution in [0.15, 0.2) is 36.7 Å². The van der Waals surface area contributed by atoms with Crippen LogP contribution in [0.2, 0.25) is 0 Å². The van der Waals surface area contributed by atoms with Crippen LogP contribution in [0.3, 0.4) is 0 Å². The standard InChI is InChI=1S/C24H23F2N7O3/c1-13-18(11-29-33(13)16-4-2-14(10-27)3-5-16)21(35)30-15-6-24(7-15)8-17(9-24)36-22-19(20(28)34)12-32(31-22)23(25)26/h2-5,11-12,15,17,23H,6-9H2,1H3,(H2,28,34)(H,30,35). The van der Waals surface area contributed by atoms with Gasteiger partial charge in [0.05, 0.1) is 34.8 Å². The fraction of sp³-hybridized carbons (Fsp3) is 0.375. The molecule has 0 atom stereocenters. The first-order valence-electron chi connectivity index (χ1n) is 11.4. The zero-order chi connectivity index (χ0) is 25.6. The Hall–Kier alpha value is -4.27. The lowest BCUT2D eigenvalue weighted by Gasteiger charge is -2.57. The second-order valence-corrected chi connectivity index (χ2v) is 9.41. The van der Waals surface area contributed by atoms with Gasteiger partial charge in [-0.1, -0.05) is 0 Å². The third-order valence-electron chi connectivity index (χ3n) is 6.95. The molecule has 1 spiro atoms. The van der Waals surface area contributed by atoms with E-state index in [2.05, 4.69) is 21.6 Å². The van der Waals surface area contributed by atoms with Crippen molar-refractivity contribution < 1.29 is 23.1 Å². The van der Waals surface area contributed by atoms with E-state index in [1.807, 2.05) is 6.92 Å². The van der Waals surface area contributed by atoms with Gasteiger partial charge in [-0.2, -0.15) is 19.1 Å². The van der Waals surface area contributed by atoms with Crippen LogP contribution in [-0.2, 0) is 0 Å². The van der Waals surface area contributed by atoms with E-state index in [4.69, 9.17) is 15.7 Å². The van der Waals surface area contributed by atoms with E-state index in [1.165, 1.54) is 6.20 Å². The summed E-state index contributed by atoms with van der Waals surface area (Å²) in [6.07, 6.45) is 5.05. The zero-order valence-corrected chi connectivity index (χ0v) is 19.3. The number of primary amides is 1. The van der Waals surface area contributed by atoms with Crippen molar-refractivity contribution in [3.63, 3.8) is 0 Å². The Morgan fingerprint density at radius 3 is 2.53 bits per heavy atom. The van der Waals surface area contributed by atoms with Gasteiger partial charge in [0, 0.05) is 12.2 Å². The molecule has 2 fully saturated rings. The smallest absolute Gasteiger partial charge is 0.333 e. The van der Waals surface area contributed by atoms with Crippen LogP contribution < -0.4 is 15.8 Å². The summed E-state index contributed by atoms with van der Waals surface area (Å²) in [7, 11) is 0. The number of nitrogens with zero attached hydrogens (tertiary/aromatic N) is 5. The molecule has 10 nitrogen and oxygen atoms in total. The lowest BCUT2D eigenvalue weighted by atomic mass is 9.53. The Kier molecular flexibility index (Phi) is 5.70. The minimum absolute atomic E-state index is 0.00957. The molecule has 0 saturated heterocycles. The number of ether oxygens (including phenoxy) is 1. The average Bonchev–Trinajstić information content (AvgIpc) is 3.40. The van der Waals surface area contributed by atoms with Gasteiger partial charge < -0.3 is 15.8 Å². The number of alkyl halides is 2. The van der Waals surface area contributed by atoms with E-state index < -0.39 is 12.5 Å². The SMILES string of the molecule is Cc1c(C(=O)NC2CC3(C2)CC(Oc2nn(C(F)F)cc2C(N)=O)C3)cnn1-c1ccc(C#N)cc1. The molecule has 2 heterocycles. The molecular formula is C24H23F2N7O3. The third-order valence-corrected chi connectivity index (χ3v) is 6.95. The Bertz CT molecular complexity index is 1360. The summed E-state index contributed by atoms with van der Waals surface area (Å²) >= 11 is 0. The molecule has 0 unspecified atom stereocenters. The minimum atomic E-state index is -2.90. The summed E-state index contributed by atoms with van der Waals surface area (Å²) in [5, 5.41) is 20.0. The molecule has 2 aliphatic rings. The molecule has 0 radical (unpaired) electrons. The van der Waals surface area contributed by atoms with Gasteiger partial charge in [0.2, 0.25) is 5.88 Å². The average molecular weight is 495 g/mol. The van der Waals surface area contributed by atoms with Crippen LogP contribution in [0.4, 0.5) is 8.78 Å². The van der Waals surface area contributed by atoms with Crippen molar-refractivity contribution in [3.8, 4) is 17.6 Å². The fourth-order valence-electron chi connectivity index (χ4n) is 5.13. The van der Waals surface area contributed by atoms with Crippen molar-refractivity contribution in [2.24, 2.45) is 11.1 Å². The lowest BCUT2D eigenvalue weighted by Crippen LogP contribution is -2.58. The van der Waals surface area contributed by atoms with Crippen LogP contribution in [0.1, 0.15) is 64.2 Å². The number of halogens is 2. The van der Waals surface area contributed by atoms with Gasteiger partial charge in [0.1, 0.15) is 11.7 Å². The number of carbonyl (C=O) groups excluding carboxylic acids is 2. The second-order valence-electron chi connectivity index (χ2n) is 9.41. The number of amides is 2. The van der Waals surface area contributed by atoms with Crippen LogP contribution in [-0.4, -0.2) is 43.5 Å². The maximum Gasteiger partial charge on any atom is 0.333 e. The molecule has 2 saturated carbocycles. The molecular weight excluding hydrogens is 472 g/mol. The van der Waals surface area contributed by atoms with Crippen molar-refractivity contribution in [1.82, 2.24) is 24.9 Å². The first-order valence-corrected chi connectivity index (χ1v) is 11.4.